The number of nitrogens with one attached hydrogen (secondary N) is 1. The third-order valence-electron chi connectivity index (χ3n) is 3.88. The Morgan fingerprint density at radius 2 is 1.95 bits per heavy atom. The van der Waals surface area contributed by atoms with Gasteiger partial charge < -0.3 is 11.1 Å². The molecule has 0 bridgehead atoms. The highest BCUT2D eigenvalue weighted by Crippen LogP contribution is 2.30. The molecule has 1 aromatic carbocycles. The number of benzene rings is 1. The molecule has 2 rings (SSSR count). The molecular weight excluding hydrogens is 302 g/mol. The highest BCUT2D eigenvalue weighted by molar-refractivity contribution is 9.10. The summed E-state index contributed by atoms with van der Waals surface area (Å²) in [7, 11) is 0. The van der Waals surface area contributed by atoms with Crippen molar-refractivity contribution in [1.29, 1.82) is 0 Å². The Balaban J connectivity index is 2.49. The van der Waals surface area contributed by atoms with Gasteiger partial charge in [-0.3, -0.25) is 0 Å². The molecule has 0 aliphatic carbocycles. The lowest BCUT2D eigenvalue weighted by molar-refractivity contribution is 0.444. The molecule has 102 valence electrons. The van der Waals surface area contributed by atoms with Crippen LogP contribution in [0.25, 0.3) is 10.8 Å². The molecular formula is C15H20BrN3. The molecule has 3 nitrogen and oxygen atoms in total. The van der Waals surface area contributed by atoms with Crippen molar-refractivity contribution in [2.75, 3.05) is 11.9 Å². The largest absolute Gasteiger partial charge is 0.363 e. The Hall–Kier alpha value is -1.13. The first-order chi connectivity index (χ1) is 9.15. The van der Waals surface area contributed by atoms with Crippen LogP contribution in [0.15, 0.2) is 34.9 Å². The number of halogens is 1. The van der Waals surface area contributed by atoms with Gasteiger partial charge in [0.1, 0.15) is 5.82 Å². The SMILES string of the molecule is CCC(CC)(CN)Nc1nccc2c(Br)cccc12. The molecule has 0 atom stereocenters. The molecule has 0 radical (unpaired) electrons. The van der Waals surface area contributed by atoms with Crippen molar-refractivity contribution in [2.24, 2.45) is 5.73 Å². The first kappa shape index (κ1) is 14.3. The molecule has 19 heavy (non-hydrogen) atoms. The summed E-state index contributed by atoms with van der Waals surface area (Å²) in [5.74, 6) is 0.910. The maximum atomic E-state index is 5.95. The number of pyridine rings is 1. The number of nitrogens with two attached hydrogens (primary N) is 1. The molecule has 0 aliphatic rings. The minimum Gasteiger partial charge on any atom is -0.363 e. The van der Waals surface area contributed by atoms with Gasteiger partial charge in [0, 0.05) is 28.0 Å². The first-order valence-corrected chi connectivity index (χ1v) is 7.46. The van der Waals surface area contributed by atoms with Crippen LogP contribution in [0.1, 0.15) is 26.7 Å². The van der Waals surface area contributed by atoms with Gasteiger partial charge in [0.2, 0.25) is 0 Å². The van der Waals surface area contributed by atoms with E-state index in [9.17, 15) is 0 Å². The Labute approximate surface area is 122 Å². The summed E-state index contributed by atoms with van der Waals surface area (Å²) in [5, 5.41) is 5.84. The van der Waals surface area contributed by atoms with Gasteiger partial charge in [-0.1, -0.05) is 41.9 Å². The molecule has 0 saturated heterocycles. The zero-order valence-corrected chi connectivity index (χ0v) is 13.0. The third kappa shape index (κ3) is 2.74. The van der Waals surface area contributed by atoms with Gasteiger partial charge in [-0.2, -0.15) is 0 Å². The van der Waals surface area contributed by atoms with Crippen LogP contribution in [0.5, 0.6) is 0 Å². The fourth-order valence-corrected chi connectivity index (χ4v) is 2.78. The molecule has 0 aliphatic heterocycles. The maximum absolute atomic E-state index is 5.95. The molecule has 0 saturated carbocycles. The van der Waals surface area contributed by atoms with Crippen LogP contribution >= 0.6 is 15.9 Å². The molecule has 0 unspecified atom stereocenters. The van der Waals surface area contributed by atoms with Gasteiger partial charge in [0.15, 0.2) is 0 Å². The van der Waals surface area contributed by atoms with E-state index in [1.807, 2.05) is 24.4 Å². The summed E-state index contributed by atoms with van der Waals surface area (Å²) in [6, 6.07) is 8.18. The molecule has 4 heteroatoms. The van der Waals surface area contributed by atoms with E-state index >= 15 is 0 Å². The molecule has 0 amide bonds. The van der Waals surface area contributed by atoms with E-state index in [0.717, 1.165) is 33.9 Å². The van der Waals surface area contributed by atoms with Crippen molar-refractivity contribution in [3.8, 4) is 0 Å². The van der Waals surface area contributed by atoms with E-state index in [1.54, 1.807) is 0 Å². The number of anilines is 1. The zero-order chi connectivity index (χ0) is 13.9. The first-order valence-electron chi connectivity index (χ1n) is 6.67. The van der Waals surface area contributed by atoms with Crippen molar-refractivity contribution in [3.05, 3.63) is 34.9 Å². The summed E-state index contributed by atoms with van der Waals surface area (Å²) in [6.07, 6.45) is 3.79. The monoisotopic (exact) mass is 321 g/mol. The van der Waals surface area contributed by atoms with Crippen molar-refractivity contribution in [2.45, 2.75) is 32.2 Å². The zero-order valence-electron chi connectivity index (χ0n) is 11.4. The average Bonchev–Trinajstić information content (AvgIpc) is 2.46. The number of nitrogens with zero attached hydrogens (tertiary/aromatic N) is 1. The van der Waals surface area contributed by atoms with Crippen LogP contribution in [0.3, 0.4) is 0 Å². The fraction of sp³-hybridized carbons (Fsp3) is 0.400. The minimum absolute atomic E-state index is 0.0798. The molecule has 3 N–H and O–H groups in total. The summed E-state index contributed by atoms with van der Waals surface area (Å²) < 4.78 is 1.08. The number of aromatic nitrogens is 1. The van der Waals surface area contributed by atoms with Crippen LogP contribution in [-0.4, -0.2) is 17.1 Å². The van der Waals surface area contributed by atoms with Crippen LogP contribution in [0.4, 0.5) is 5.82 Å². The van der Waals surface area contributed by atoms with Gasteiger partial charge in [-0.25, -0.2) is 4.98 Å². The van der Waals surface area contributed by atoms with Crippen molar-refractivity contribution < 1.29 is 0 Å². The van der Waals surface area contributed by atoms with E-state index in [0.29, 0.717) is 6.54 Å². The van der Waals surface area contributed by atoms with Crippen LogP contribution in [0.2, 0.25) is 0 Å². The van der Waals surface area contributed by atoms with Crippen molar-refractivity contribution in [3.63, 3.8) is 0 Å². The second-order valence-electron chi connectivity index (χ2n) is 4.81. The average molecular weight is 322 g/mol. The van der Waals surface area contributed by atoms with Gasteiger partial charge in [0.05, 0.1) is 5.54 Å². The van der Waals surface area contributed by atoms with Crippen LogP contribution in [-0.2, 0) is 0 Å². The summed E-state index contributed by atoms with van der Waals surface area (Å²) in [5.41, 5.74) is 5.87. The van der Waals surface area contributed by atoms with E-state index in [2.05, 4.69) is 46.1 Å². The highest BCUT2D eigenvalue weighted by Gasteiger charge is 2.25. The highest BCUT2D eigenvalue weighted by atomic mass is 79.9. The Kier molecular flexibility index (Phi) is 4.42. The van der Waals surface area contributed by atoms with Crippen molar-refractivity contribution in [1.82, 2.24) is 4.98 Å². The second kappa shape index (κ2) is 5.88. The molecule has 2 aromatic rings. The predicted octanol–water partition coefficient (Wildman–Crippen LogP) is 3.93. The van der Waals surface area contributed by atoms with E-state index in [4.69, 9.17) is 5.73 Å². The third-order valence-corrected chi connectivity index (χ3v) is 4.57. The lowest BCUT2D eigenvalue weighted by Crippen LogP contribution is -2.44. The quantitative estimate of drug-likeness (QED) is 0.877. The summed E-state index contributed by atoms with van der Waals surface area (Å²) in [4.78, 5) is 4.49. The Morgan fingerprint density at radius 1 is 1.21 bits per heavy atom. The van der Waals surface area contributed by atoms with Crippen LogP contribution in [0, 0.1) is 0 Å². The predicted molar refractivity (Wildman–Crippen MR) is 85.4 cm³/mol. The Bertz CT molecular complexity index is 556. The number of rotatable bonds is 5. The normalized spacial score (nSPS) is 11.8. The number of hydrogen-bond donors (Lipinski definition) is 2. The molecule has 1 aromatic heterocycles. The van der Waals surface area contributed by atoms with Gasteiger partial charge in [-0.15, -0.1) is 0 Å². The number of fused-ring (bicyclic) bond motifs is 1. The topological polar surface area (TPSA) is 50.9 Å². The summed E-state index contributed by atoms with van der Waals surface area (Å²) >= 11 is 3.58. The van der Waals surface area contributed by atoms with E-state index in [1.165, 1.54) is 0 Å². The van der Waals surface area contributed by atoms with Gasteiger partial charge in [0.25, 0.3) is 0 Å². The van der Waals surface area contributed by atoms with Crippen molar-refractivity contribution >= 4 is 32.5 Å². The lowest BCUT2D eigenvalue weighted by atomic mass is 9.92. The fourth-order valence-electron chi connectivity index (χ4n) is 2.29. The van der Waals surface area contributed by atoms with E-state index < -0.39 is 0 Å². The van der Waals surface area contributed by atoms with Crippen LogP contribution < -0.4 is 11.1 Å². The number of hydrogen-bond acceptors (Lipinski definition) is 3. The lowest BCUT2D eigenvalue weighted by Gasteiger charge is -2.32. The molecule has 0 spiro atoms. The maximum Gasteiger partial charge on any atom is 0.134 e. The van der Waals surface area contributed by atoms with E-state index in [-0.39, 0.29) is 5.54 Å². The molecule has 1 heterocycles. The van der Waals surface area contributed by atoms with Gasteiger partial charge in [-0.05, 0) is 25.0 Å². The Morgan fingerprint density at radius 3 is 2.58 bits per heavy atom. The molecule has 0 fully saturated rings. The smallest absolute Gasteiger partial charge is 0.134 e. The van der Waals surface area contributed by atoms with Gasteiger partial charge >= 0.3 is 0 Å². The summed E-state index contributed by atoms with van der Waals surface area (Å²) in [6.45, 7) is 4.92. The minimum atomic E-state index is -0.0798. The standard InChI is InChI=1S/C15H20BrN3/c1-3-15(4-2,10-17)19-14-12-6-5-7-13(16)11(12)8-9-18-14/h5-9H,3-4,10,17H2,1-2H3,(H,18,19). The second-order valence-corrected chi connectivity index (χ2v) is 5.67.